The van der Waals surface area contributed by atoms with Crippen LogP contribution in [-0.2, 0) is 23.1 Å². The molecule has 0 saturated heterocycles. The second-order valence-electron chi connectivity index (χ2n) is 4.17. The monoisotopic (exact) mass is 223 g/mol. The average molecular weight is 223 g/mol. The first-order valence-corrected chi connectivity index (χ1v) is 5.50. The molecular weight excluding hydrogens is 206 g/mol. The van der Waals surface area contributed by atoms with E-state index in [1.807, 2.05) is 13.1 Å². The molecular formula is C11H17N3O2. The van der Waals surface area contributed by atoms with E-state index >= 15 is 0 Å². The van der Waals surface area contributed by atoms with Gasteiger partial charge in [0.15, 0.2) is 0 Å². The van der Waals surface area contributed by atoms with Crippen LogP contribution < -0.4 is 5.32 Å². The minimum atomic E-state index is -0.167. The summed E-state index contributed by atoms with van der Waals surface area (Å²) in [7, 11) is 3.32. The zero-order chi connectivity index (χ0) is 11.5. The summed E-state index contributed by atoms with van der Waals surface area (Å²) in [6.07, 6.45) is 3.97. The van der Waals surface area contributed by atoms with E-state index in [1.54, 1.807) is 10.9 Å². The van der Waals surface area contributed by atoms with E-state index in [0.717, 1.165) is 18.5 Å². The Labute approximate surface area is 94.8 Å². The molecule has 1 aromatic heterocycles. The molecule has 1 fully saturated rings. The lowest BCUT2D eigenvalue weighted by Crippen LogP contribution is -2.39. The van der Waals surface area contributed by atoms with Gasteiger partial charge in [-0.15, -0.1) is 0 Å². The van der Waals surface area contributed by atoms with Gasteiger partial charge in [-0.05, 0) is 24.8 Å². The number of aryl methyl sites for hydroxylation is 1. The number of rotatable bonds is 5. The fourth-order valence-electron chi connectivity index (χ4n) is 1.79. The van der Waals surface area contributed by atoms with Crippen molar-refractivity contribution in [1.29, 1.82) is 0 Å². The highest BCUT2D eigenvalue weighted by atomic mass is 16.5. The normalized spacial score (nSPS) is 17.1. The third kappa shape index (κ3) is 2.41. The Hall–Kier alpha value is -1.36. The number of nitrogens with one attached hydrogen (secondary N) is 1. The Morgan fingerprint density at radius 3 is 3.00 bits per heavy atom. The number of hydrogen-bond donors (Lipinski definition) is 1. The lowest BCUT2D eigenvalue weighted by Gasteiger charge is -2.15. The Balaban J connectivity index is 1.91. The summed E-state index contributed by atoms with van der Waals surface area (Å²) in [5.41, 5.74) is 1.06. The van der Waals surface area contributed by atoms with Crippen molar-refractivity contribution in [1.82, 2.24) is 15.1 Å². The largest absolute Gasteiger partial charge is 0.468 e. The average Bonchev–Trinajstić information content (AvgIpc) is 3.03. The highest BCUT2D eigenvalue weighted by molar-refractivity contribution is 5.76. The van der Waals surface area contributed by atoms with E-state index in [4.69, 9.17) is 4.74 Å². The fraction of sp³-hybridized carbons (Fsp3) is 0.636. The Morgan fingerprint density at radius 2 is 2.50 bits per heavy atom. The fourth-order valence-corrected chi connectivity index (χ4v) is 1.79. The van der Waals surface area contributed by atoms with Gasteiger partial charge in [-0.3, -0.25) is 14.8 Å². The summed E-state index contributed by atoms with van der Waals surface area (Å²) in [6.45, 7) is 0.646. The van der Waals surface area contributed by atoms with Crippen LogP contribution >= 0.6 is 0 Å². The van der Waals surface area contributed by atoms with Gasteiger partial charge in [0.2, 0.25) is 0 Å². The summed E-state index contributed by atoms with van der Waals surface area (Å²) in [5, 5.41) is 7.32. The van der Waals surface area contributed by atoms with Gasteiger partial charge >= 0.3 is 5.97 Å². The van der Waals surface area contributed by atoms with Gasteiger partial charge in [0.05, 0.1) is 12.8 Å². The molecule has 0 aromatic carbocycles. The molecule has 1 atom stereocenters. The van der Waals surface area contributed by atoms with Gasteiger partial charge < -0.3 is 4.74 Å². The molecule has 1 saturated carbocycles. The third-order valence-corrected chi connectivity index (χ3v) is 2.97. The number of esters is 1. The molecule has 2 rings (SSSR count). The van der Waals surface area contributed by atoms with E-state index in [-0.39, 0.29) is 12.0 Å². The van der Waals surface area contributed by atoms with Crippen molar-refractivity contribution in [3.05, 3.63) is 18.0 Å². The molecule has 0 bridgehead atoms. The molecule has 88 valence electrons. The lowest BCUT2D eigenvalue weighted by atomic mass is 10.2. The number of ether oxygens (including phenoxy) is 1. The lowest BCUT2D eigenvalue weighted by molar-refractivity contribution is -0.143. The van der Waals surface area contributed by atoms with Gasteiger partial charge in [0, 0.05) is 19.8 Å². The molecule has 0 amide bonds. The first kappa shape index (κ1) is 11.1. The molecule has 16 heavy (non-hydrogen) atoms. The van der Waals surface area contributed by atoms with Crippen molar-refractivity contribution >= 4 is 5.97 Å². The van der Waals surface area contributed by atoms with Crippen LogP contribution in [0.3, 0.4) is 0 Å². The van der Waals surface area contributed by atoms with Gasteiger partial charge in [-0.2, -0.15) is 5.10 Å². The molecule has 1 aliphatic carbocycles. The molecule has 0 aliphatic heterocycles. The smallest absolute Gasteiger partial charge is 0.323 e. The summed E-state index contributed by atoms with van der Waals surface area (Å²) < 4.78 is 6.59. The predicted molar refractivity (Wildman–Crippen MR) is 58.6 cm³/mol. The first-order chi connectivity index (χ1) is 7.72. The zero-order valence-corrected chi connectivity index (χ0v) is 9.64. The van der Waals surface area contributed by atoms with E-state index in [9.17, 15) is 4.79 Å². The maximum atomic E-state index is 11.5. The predicted octanol–water partition coefficient (Wildman–Crippen LogP) is 0.461. The number of nitrogens with zero attached hydrogens (tertiary/aromatic N) is 2. The minimum absolute atomic E-state index is 0.162. The highest BCUT2D eigenvalue weighted by Crippen LogP contribution is 2.33. The van der Waals surface area contributed by atoms with E-state index in [2.05, 4.69) is 10.4 Å². The number of carbonyl (C=O) groups excluding carboxylic acids is 1. The SMILES string of the molecule is COC(=O)C(NCc1ccnn1C)C1CC1. The van der Waals surface area contributed by atoms with E-state index in [0.29, 0.717) is 12.5 Å². The highest BCUT2D eigenvalue weighted by Gasteiger charge is 2.36. The van der Waals surface area contributed by atoms with Gasteiger partial charge in [-0.1, -0.05) is 0 Å². The molecule has 1 aliphatic rings. The Bertz CT molecular complexity index is 371. The molecule has 1 aromatic rings. The van der Waals surface area contributed by atoms with Crippen LogP contribution in [0.1, 0.15) is 18.5 Å². The van der Waals surface area contributed by atoms with Crippen LogP contribution in [0.5, 0.6) is 0 Å². The number of methoxy groups -OCH3 is 1. The molecule has 0 radical (unpaired) electrons. The van der Waals surface area contributed by atoms with Crippen LogP contribution in [0, 0.1) is 5.92 Å². The van der Waals surface area contributed by atoms with Crippen molar-refractivity contribution in [2.45, 2.75) is 25.4 Å². The maximum absolute atomic E-state index is 11.5. The van der Waals surface area contributed by atoms with Gasteiger partial charge in [0.25, 0.3) is 0 Å². The Kier molecular flexibility index (Phi) is 3.24. The van der Waals surface area contributed by atoms with Crippen molar-refractivity contribution in [3.8, 4) is 0 Å². The summed E-state index contributed by atoms with van der Waals surface area (Å²) in [5.74, 6) is 0.283. The van der Waals surface area contributed by atoms with Crippen LogP contribution in [-0.4, -0.2) is 28.9 Å². The topological polar surface area (TPSA) is 56.1 Å². The second kappa shape index (κ2) is 4.65. The minimum Gasteiger partial charge on any atom is -0.468 e. The van der Waals surface area contributed by atoms with Crippen molar-refractivity contribution < 1.29 is 9.53 Å². The second-order valence-corrected chi connectivity index (χ2v) is 4.17. The van der Waals surface area contributed by atoms with E-state index in [1.165, 1.54) is 7.11 Å². The number of carbonyl (C=O) groups is 1. The summed E-state index contributed by atoms with van der Waals surface area (Å²) in [4.78, 5) is 11.5. The number of hydrogen-bond acceptors (Lipinski definition) is 4. The summed E-state index contributed by atoms with van der Waals surface area (Å²) >= 11 is 0. The molecule has 5 nitrogen and oxygen atoms in total. The van der Waals surface area contributed by atoms with Crippen molar-refractivity contribution in [2.75, 3.05) is 7.11 Å². The quantitative estimate of drug-likeness (QED) is 0.737. The summed E-state index contributed by atoms with van der Waals surface area (Å²) in [6, 6.07) is 1.77. The molecule has 1 unspecified atom stereocenters. The third-order valence-electron chi connectivity index (χ3n) is 2.97. The van der Waals surface area contributed by atoms with Crippen LogP contribution in [0.15, 0.2) is 12.3 Å². The van der Waals surface area contributed by atoms with Gasteiger partial charge in [-0.25, -0.2) is 0 Å². The molecule has 5 heteroatoms. The van der Waals surface area contributed by atoms with Crippen LogP contribution in [0.2, 0.25) is 0 Å². The molecule has 0 spiro atoms. The van der Waals surface area contributed by atoms with Crippen LogP contribution in [0.4, 0.5) is 0 Å². The Morgan fingerprint density at radius 1 is 1.75 bits per heavy atom. The van der Waals surface area contributed by atoms with E-state index < -0.39 is 0 Å². The maximum Gasteiger partial charge on any atom is 0.323 e. The standard InChI is InChI=1S/C11H17N3O2/c1-14-9(5-6-13-14)7-12-10(8-3-4-8)11(15)16-2/h5-6,8,10,12H,3-4,7H2,1-2H3. The molecule has 1 N–H and O–H groups in total. The van der Waals surface area contributed by atoms with Crippen molar-refractivity contribution in [2.24, 2.45) is 13.0 Å². The first-order valence-electron chi connectivity index (χ1n) is 5.50. The van der Waals surface area contributed by atoms with Crippen LogP contribution in [0.25, 0.3) is 0 Å². The number of aromatic nitrogens is 2. The zero-order valence-electron chi connectivity index (χ0n) is 9.64. The van der Waals surface area contributed by atoms with Gasteiger partial charge in [0.1, 0.15) is 6.04 Å². The van der Waals surface area contributed by atoms with Crippen molar-refractivity contribution in [3.63, 3.8) is 0 Å². The molecule has 1 heterocycles.